The molecule has 1 heterocycles. The lowest BCUT2D eigenvalue weighted by Gasteiger charge is -2.14. The van der Waals surface area contributed by atoms with Crippen molar-refractivity contribution in [2.45, 2.75) is 12.8 Å². The Kier molecular flexibility index (Phi) is 4.15. The Labute approximate surface area is 132 Å². The van der Waals surface area contributed by atoms with Gasteiger partial charge in [0.1, 0.15) is 0 Å². The molecule has 1 nitrogen and oxygen atoms in total. The second kappa shape index (κ2) is 6.40. The highest BCUT2D eigenvalue weighted by molar-refractivity contribution is 5.84. The molecule has 2 aromatic rings. The van der Waals surface area contributed by atoms with Crippen LogP contribution in [-0.2, 0) is 6.42 Å². The van der Waals surface area contributed by atoms with Crippen LogP contribution in [0, 0.1) is 0 Å². The van der Waals surface area contributed by atoms with E-state index in [0.29, 0.717) is 0 Å². The van der Waals surface area contributed by atoms with Crippen LogP contribution in [0.4, 0.5) is 5.69 Å². The van der Waals surface area contributed by atoms with Gasteiger partial charge in [-0.3, -0.25) is 4.99 Å². The van der Waals surface area contributed by atoms with Crippen LogP contribution >= 0.6 is 0 Å². The molecule has 0 spiro atoms. The lowest BCUT2D eigenvalue weighted by molar-refractivity contribution is 1.03. The van der Waals surface area contributed by atoms with Crippen LogP contribution in [0.1, 0.15) is 17.5 Å². The zero-order chi connectivity index (χ0) is 15.4. The largest absolute Gasteiger partial charge is 0.260 e. The summed E-state index contributed by atoms with van der Waals surface area (Å²) >= 11 is 0. The molecule has 0 amide bonds. The number of para-hydroxylation sites is 1. The van der Waals surface area contributed by atoms with Gasteiger partial charge in [0.15, 0.2) is 0 Å². The number of hydrogen-bond donors (Lipinski definition) is 0. The number of aliphatic imine (C=N–C) groups is 1. The summed E-state index contributed by atoms with van der Waals surface area (Å²) in [6.07, 6.45) is 9.73. The van der Waals surface area contributed by atoms with Gasteiger partial charge in [0.05, 0.1) is 5.69 Å². The van der Waals surface area contributed by atoms with Crippen molar-refractivity contribution in [3.8, 4) is 11.1 Å². The highest BCUT2D eigenvalue weighted by Crippen LogP contribution is 2.36. The molecule has 0 fully saturated rings. The number of benzene rings is 2. The Morgan fingerprint density at radius 1 is 1.05 bits per heavy atom. The Morgan fingerprint density at radius 2 is 1.86 bits per heavy atom. The Bertz CT molecular complexity index is 761. The molecule has 22 heavy (non-hydrogen) atoms. The van der Waals surface area contributed by atoms with Crippen LogP contribution in [0.25, 0.3) is 16.7 Å². The average molecular weight is 285 g/mol. The SMILES string of the molecule is C=C/C=C(\C=C)c1ccc(-c2cccc3c2N=CCC3)cc1. The molecule has 1 aliphatic rings. The molecular formula is C21H19N. The minimum atomic E-state index is 1.03. The van der Waals surface area contributed by atoms with E-state index in [9.17, 15) is 0 Å². The first-order valence-corrected chi connectivity index (χ1v) is 7.54. The first-order valence-electron chi connectivity index (χ1n) is 7.54. The summed E-state index contributed by atoms with van der Waals surface area (Å²) in [6, 6.07) is 15.0. The fourth-order valence-electron chi connectivity index (χ4n) is 2.81. The molecule has 0 N–H and O–H groups in total. The second-order valence-corrected chi connectivity index (χ2v) is 5.30. The van der Waals surface area contributed by atoms with Crippen LogP contribution in [0.2, 0.25) is 0 Å². The van der Waals surface area contributed by atoms with E-state index in [1.54, 1.807) is 6.08 Å². The van der Waals surface area contributed by atoms with Gasteiger partial charge in [0.2, 0.25) is 0 Å². The minimum absolute atomic E-state index is 1.03. The molecule has 0 aliphatic carbocycles. The van der Waals surface area contributed by atoms with E-state index in [-0.39, 0.29) is 0 Å². The Balaban J connectivity index is 2.01. The lowest BCUT2D eigenvalue weighted by atomic mass is 9.95. The van der Waals surface area contributed by atoms with Crippen LogP contribution in [0.15, 0.2) is 78.8 Å². The van der Waals surface area contributed by atoms with Gasteiger partial charge in [-0.25, -0.2) is 0 Å². The zero-order valence-corrected chi connectivity index (χ0v) is 12.6. The maximum absolute atomic E-state index is 4.61. The van der Waals surface area contributed by atoms with Crippen molar-refractivity contribution in [3.05, 3.63) is 85.0 Å². The normalized spacial score (nSPS) is 13.5. The first-order chi connectivity index (χ1) is 10.8. The standard InChI is InChI=1S/C21H19N/c1-3-7-16(4-2)17-11-13-18(14-12-17)20-10-5-8-19-9-6-15-22-21(19)20/h3-5,7-8,10-15H,1-2,6,9H2/b16-7+. The number of fused-ring (bicyclic) bond motifs is 1. The Morgan fingerprint density at radius 3 is 2.59 bits per heavy atom. The molecule has 108 valence electrons. The van der Waals surface area contributed by atoms with E-state index in [1.807, 2.05) is 18.4 Å². The van der Waals surface area contributed by atoms with Gasteiger partial charge in [-0.1, -0.05) is 73.9 Å². The number of hydrogen-bond acceptors (Lipinski definition) is 1. The Hall–Kier alpha value is -2.67. The van der Waals surface area contributed by atoms with E-state index in [1.165, 1.54) is 16.7 Å². The van der Waals surface area contributed by atoms with E-state index >= 15 is 0 Å². The second-order valence-electron chi connectivity index (χ2n) is 5.30. The summed E-state index contributed by atoms with van der Waals surface area (Å²) in [5.74, 6) is 0. The van der Waals surface area contributed by atoms with Crippen molar-refractivity contribution >= 4 is 17.5 Å². The van der Waals surface area contributed by atoms with E-state index in [2.05, 4.69) is 60.6 Å². The smallest absolute Gasteiger partial charge is 0.0736 e. The van der Waals surface area contributed by atoms with Gasteiger partial charge in [-0.2, -0.15) is 0 Å². The van der Waals surface area contributed by atoms with Crippen molar-refractivity contribution in [2.75, 3.05) is 0 Å². The van der Waals surface area contributed by atoms with Gasteiger partial charge in [-0.05, 0) is 35.1 Å². The number of aryl methyl sites for hydroxylation is 1. The molecule has 3 rings (SSSR count). The first kappa shape index (κ1) is 14.3. The van der Waals surface area contributed by atoms with Gasteiger partial charge in [0, 0.05) is 11.8 Å². The van der Waals surface area contributed by atoms with E-state index in [0.717, 1.165) is 29.7 Å². The minimum Gasteiger partial charge on any atom is -0.260 e. The maximum atomic E-state index is 4.61. The number of allylic oxidation sites excluding steroid dienone is 4. The predicted octanol–water partition coefficient (Wildman–Crippen LogP) is 5.76. The van der Waals surface area contributed by atoms with Gasteiger partial charge < -0.3 is 0 Å². The highest BCUT2D eigenvalue weighted by atomic mass is 14.7. The van der Waals surface area contributed by atoms with Crippen molar-refractivity contribution in [1.82, 2.24) is 0 Å². The number of rotatable bonds is 4. The third kappa shape index (κ3) is 2.71. The van der Waals surface area contributed by atoms with Crippen molar-refractivity contribution < 1.29 is 0 Å². The monoisotopic (exact) mass is 285 g/mol. The summed E-state index contributed by atoms with van der Waals surface area (Å²) in [4.78, 5) is 4.61. The molecule has 0 radical (unpaired) electrons. The molecule has 1 aliphatic heterocycles. The number of nitrogens with zero attached hydrogens (tertiary/aromatic N) is 1. The molecule has 0 aromatic heterocycles. The quantitative estimate of drug-likeness (QED) is 0.633. The van der Waals surface area contributed by atoms with Gasteiger partial charge >= 0.3 is 0 Å². The van der Waals surface area contributed by atoms with E-state index in [4.69, 9.17) is 0 Å². The van der Waals surface area contributed by atoms with Crippen LogP contribution in [0.3, 0.4) is 0 Å². The van der Waals surface area contributed by atoms with Crippen LogP contribution in [0.5, 0.6) is 0 Å². The third-order valence-electron chi connectivity index (χ3n) is 3.93. The van der Waals surface area contributed by atoms with Crippen LogP contribution in [-0.4, -0.2) is 6.21 Å². The third-order valence-corrected chi connectivity index (χ3v) is 3.93. The fourth-order valence-corrected chi connectivity index (χ4v) is 2.81. The van der Waals surface area contributed by atoms with Gasteiger partial charge in [-0.15, -0.1) is 0 Å². The lowest BCUT2D eigenvalue weighted by Crippen LogP contribution is -1.95. The molecule has 0 unspecified atom stereocenters. The molecule has 0 saturated heterocycles. The summed E-state index contributed by atoms with van der Waals surface area (Å²) in [6.45, 7) is 7.61. The molecule has 0 atom stereocenters. The van der Waals surface area contributed by atoms with Crippen molar-refractivity contribution in [3.63, 3.8) is 0 Å². The molecule has 2 aromatic carbocycles. The highest BCUT2D eigenvalue weighted by Gasteiger charge is 2.11. The van der Waals surface area contributed by atoms with E-state index < -0.39 is 0 Å². The predicted molar refractivity (Wildman–Crippen MR) is 96.7 cm³/mol. The van der Waals surface area contributed by atoms with Gasteiger partial charge in [0.25, 0.3) is 0 Å². The summed E-state index contributed by atoms with van der Waals surface area (Å²) in [7, 11) is 0. The fraction of sp³-hybridized carbons (Fsp3) is 0.0952. The maximum Gasteiger partial charge on any atom is 0.0736 e. The summed E-state index contributed by atoms with van der Waals surface area (Å²) in [5, 5.41) is 0. The molecular weight excluding hydrogens is 266 g/mol. The van der Waals surface area contributed by atoms with Crippen molar-refractivity contribution in [1.29, 1.82) is 0 Å². The molecule has 1 heteroatoms. The summed E-state index contributed by atoms with van der Waals surface area (Å²) < 4.78 is 0. The molecule has 0 bridgehead atoms. The summed E-state index contributed by atoms with van der Waals surface area (Å²) in [5.41, 5.74) is 7.07. The zero-order valence-electron chi connectivity index (χ0n) is 12.6. The average Bonchev–Trinajstić information content (AvgIpc) is 2.59. The van der Waals surface area contributed by atoms with Crippen molar-refractivity contribution in [2.24, 2.45) is 4.99 Å². The molecule has 0 saturated carbocycles. The topological polar surface area (TPSA) is 12.4 Å². The van der Waals surface area contributed by atoms with Crippen LogP contribution < -0.4 is 0 Å².